The molecular weight excluding hydrogens is 264 g/mol. The van der Waals surface area contributed by atoms with Crippen molar-refractivity contribution in [2.24, 2.45) is 5.92 Å². The number of nitrogens with zero attached hydrogens (tertiary/aromatic N) is 2. The Kier molecular flexibility index (Phi) is 6.97. The van der Waals surface area contributed by atoms with Gasteiger partial charge < -0.3 is 14.5 Å². The van der Waals surface area contributed by atoms with E-state index in [0.717, 1.165) is 25.4 Å². The molecule has 122 valence electrons. The SMILES string of the molecule is COCCC(=O)N1CCCCCC1CN1CCC(C)CC1. The average Bonchev–Trinajstić information content (AvgIpc) is 2.72. The highest BCUT2D eigenvalue weighted by Gasteiger charge is 2.27. The van der Waals surface area contributed by atoms with Crippen molar-refractivity contribution in [3.63, 3.8) is 0 Å². The van der Waals surface area contributed by atoms with Crippen molar-refractivity contribution >= 4 is 5.91 Å². The summed E-state index contributed by atoms with van der Waals surface area (Å²) in [5.74, 6) is 1.16. The molecule has 0 aliphatic carbocycles. The molecule has 1 unspecified atom stereocenters. The third-order valence-electron chi connectivity index (χ3n) is 5.06. The van der Waals surface area contributed by atoms with Gasteiger partial charge in [-0.3, -0.25) is 4.79 Å². The van der Waals surface area contributed by atoms with Crippen LogP contribution in [0, 0.1) is 5.92 Å². The van der Waals surface area contributed by atoms with Crippen LogP contribution in [0.4, 0.5) is 0 Å². The van der Waals surface area contributed by atoms with E-state index >= 15 is 0 Å². The van der Waals surface area contributed by atoms with Crippen LogP contribution in [0.2, 0.25) is 0 Å². The van der Waals surface area contributed by atoms with E-state index in [1.165, 1.54) is 45.2 Å². The second-order valence-electron chi connectivity index (χ2n) is 6.82. The summed E-state index contributed by atoms with van der Waals surface area (Å²) in [7, 11) is 1.67. The topological polar surface area (TPSA) is 32.8 Å². The summed E-state index contributed by atoms with van der Waals surface area (Å²) >= 11 is 0. The average molecular weight is 296 g/mol. The van der Waals surface area contributed by atoms with E-state index in [0.29, 0.717) is 19.1 Å². The molecule has 0 aromatic heterocycles. The minimum Gasteiger partial charge on any atom is -0.384 e. The van der Waals surface area contributed by atoms with E-state index in [9.17, 15) is 4.79 Å². The Morgan fingerprint density at radius 3 is 2.57 bits per heavy atom. The standard InChI is InChI=1S/C17H32N2O2/c1-15-7-11-18(12-8-15)14-16-6-4-3-5-10-19(16)17(20)9-13-21-2/h15-16H,3-14H2,1-2H3. The number of carbonyl (C=O) groups is 1. The largest absolute Gasteiger partial charge is 0.384 e. The Hall–Kier alpha value is -0.610. The van der Waals surface area contributed by atoms with Crippen molar-refractivity contribution in [3.05, 3.63) is 0 Å². The summed E-state index contributed by atoms with van der Waals surface area (Å²) in [4.78, 5) is 17.2. The number of piperidine rings is 1. The summed E-state index contributed by atoms with van der Waals surface area (Å²) in [5, 5.41) is 0. The molecular formula is C17H32N2O2. The van der Waals surface area contributed by atoms with Gasteiger partial charge in [0.15, 0.2) is 0 Å². The Morgan fingerprint density at radius 2 is 1.86 bits per heavy atom. The van der Waals surface area contributed by atoms with Gasteiger partial charge >= 0.3 is 0 Å². The summed E-state index contributed by atoms with van der Waals surface area (Å²) in [6.07, 6.45) is 8.01. The lowest BCUT2D eigenvalue weighted by molar-refractivity contribution is -0.134. The molecule has 2 fully saturated rings. The van der Waals surface area contributed by atoms with Crippen molar-refractivity contribution in [2.75, 3.05) is 39.9 Å². The Balaban J connectivity index is 1.90. The maximum atomic E-state index is 12.4. The van der Waals surface area contributed by atoms with Gasteiger partial charge in [0.25, 0.3) is 0 Å². The molecule has 1 atom stereocenters. The molecule has 0 bridgehead atoms. The first-order chi connectivity index (χ1) is 10.2. The minimum atomic E-state index is 0.286. The van der Waals surface area contributed by atoms with Gasteiger partial charge in [0.1, 0.15) is 0 Å². The van der Waals surface area contributed by atoms with Crippen LogP contribution in [0.3, 0.4) is 0 Å². The van der Waals surface area contributed by atoms with E-state index in [2.05, 4.69) is 16.7 Å². The molecule has 2 aliphatic rings. The van der Waals surface area contributed by atoms with Crippen LogP contribution in [0.25, 0.3) is 0 Å². The summed E-state index contributed by atoms with van der Waals surface area (Å²) in [5.41, 5.74) is 0. The fourth-order valence-corrected chi connectivity index (χ4v) is 3.57. The Bertz CT molecular complexity index is 314. The molecule has 0 spiro atoms. The smallest absolute Gasteiger partial charge is 0.225 e. The Labute approximate surface area is 129 Å². The lowest BCUT2D eigenvalue weighted by Crippen LogP contribution is -2.48. The molecule has 4 heteroatoms. The van der Waals surface area contributed by atoms with Crippen molar-refractivity contribution in [1.29, 1.82) is 0 Å². The number of ether oxygens (including phenoxy) is 1. The van der Waals surface area contributed by atoms with Crippen LogP contribution >= 0.6 is 0 Å². The van der Waals surface area contributed by atoms with Gasteiger partial charge in [0.2, 0.25) is 5.91 Å². The van der Waals surface area contributed by atoms with Gasteiger partial charge in [-0.2, -0.15) is 0 Å². The van der Waals surface area contributed by atoms with Crippen LogP contribution < -0.4 is 0 Å². The zero-order valence-electron chi connectivity index (χ0n) is 13.9. The van der Waals surface area contributed by atoms with Gasteiger partial charge in [0.05, 0.1) is 13.0 Å². The first kappa shape index (κ1) is 16.8. The molecule has 0 aromatic carbocycles. The zero-order chi connectivity index (χ0) is 15.1. The molecule has 0 N–H and O–H groups in total. The first-order valence-corrected chi connectivity index (χ1v) is 8.71. The highest BCUT2D eigenvalue weighted by molar-refractivity contribution is 5.76. The quantitative estimate of drug-likeness (QED) is 0.781. The van der Waals surface area contributed by atoms with Gasteiger partial charge in [-0.1, -0.05) is 19.8 Å². The maximum absolute atomic E-state index is 12.4. The molecule has 1 amide bonds. The number of hydrogen-bond acceptors (Lipinski definition) is 3. The molecule has 2 aliphatic heterocycles. The number of amides is 1. The zero-order valence-corrected chi connectivity index (χ0v) is 13.9. The second-order valence-corrected chi connectivity index (χ2v) is 6.82. The van der Waals surface area contributed by atoms with E-state index in [1.54, 1.807) is 7.11 Å². The van der Waals surface area contributed by atoms with E-state index < -0.39 is 0 Å². The van der Waals surface area contributed by atoms with Crippen molar-refractivity contribution in [1.82, 2.24) is 9.80 Å². The predicted molar refractivity (Wildman–Crippen MR) is 85.3 cm³/mol. The highest BCUT2D eigenvalue weighted by atomic mass is 16.5. The van der Waals surface area contributed by atoms with Crippen LogP contribution in [0.1, 0.15) is 51.9 Å². The monoisotopic (exact) mass is 296 g/mol. The first-order valence-electron chi connectivity index (χ1n) is 8.71. The third-order valence-corrected chi connectivity index (χ3v) is 5.06. The third kappa shape index (κ3) is 5.26. The number of hydrogen-bond donors (Lipinski definition) is 0. The van der Waals surface area contributed by atoms with Crippen LogP contribution in [0.5, 0.6) is 0 Å². The summed E-state index contributed by atoms with van der Waals surface area (Å²) < 4.78 is 5.07. The molecule has 2 heterocycles. The molecule has 21 heavy (non-hydrogen) atoms. The fraction of sp³-hybridized carbons (Fsp3) is 0.941. The van der Waals surface area contributed by atoms with Gasteiger partial charge in [0, 0.05) is 26.2 Å². The number of methoxy groups -OCH3 is 1. The molecule has 0 saturated carbocycles. The van der Waals surface area contributed by atoms with Crippen LogP contribution in [-0.2, 0) is 9.53 Å². The van der Waals surface area contributed by atoms with Crippen LogP contribution in [0.15, 0.2) is 0 Å². The lowest BCUT2D eigenvalue weighted by atomic mass is 9.98. The molecule has 2 rings (SSSR count). The van der Waals surface area contributed by atoms with Gasteiger partial charge in [-0.15, -0.1) is 0 Å². The van der Waals surface area contributed by atoms with E-state index in [4.69, 9.17) is 4.74 Å². The lowest BCUT2D eigenvalue weighted by Gasteiger charge is -2.37. The van der Waals surface area contributed by atoms with E-state index in [-0.39, 0.29) is 5.91 Å². The van der Waals surface area contributed by atoms with Crippen molar-refractivity contribution < 1.29 is 9.53 Å². The molecule has 4 nitrogen and oxygen atoms in total. The molecule has 0 radical (unpaired) electrons. The van der Waals surface area contributed by atoms with Gasteiger partial charge in [-0.05, 0) is 44.7 Å². The van der Waals surface area contributed by atoms with Crippen molar-refractivity contribution in [2.45, 2.75) is 57.9 Å². The second kappa shape index (κ2) is 8.74. The molecule has 2 saturated heterocycles. The minimum absolute atomic E-state index is 0.286. The predicted octanol–water partition coefficient (Wildman–Crippen LogP) is 2.53. The normalized spacial score (nSPS) is 25.8. The maximum Gasteiger partial charge on any atom is 0.225 e. The number of likely N-dealkylation sites (tertiary alicyclic amines) is 2. The molecule has 0 aromatic rings. The van der Waals surface area contributed by atoms with E-state index in [1.807, 2.05) is 0 Å². The summed E-state index contributed by atoms with van der Waals surface area (Å²) in [6, 6.07) is 0.422. The number of carbonyl (C=O) groups excluding carboxylic acids is 1. The van der Waals surface area contributed by atoms with Gasteiger partial charge in [-0.25, -0.2) is 0 Å². The van der Waals surface area contributed by atoms with Crippen LogP contribution in [-0.4, -0.2) is 61.6 Å². The number of rotatable bonds is 5. The highest BCUT2D eigenvalue weighted by Crippen LogP contribution is 2.22. The summed E-state index contributed by atoms with van der Waals surface area (Å²) in [6.45, 7) is 7.32. The van der Waals surface area contributed by atoms with Crippen molar-refractivity contribution in [3.8, 4) is 0 Å². The fourth-order valence-electron chi connectivity index (χ4n) is 3.57. The Morgan fingerprint density at radius 1 is 1.10 bits per heavy atom.